The van der Waals surface area contributed by atoms with Crippen LogP contribution in [-0.4, -0.2) is 20.4 Å². The summed E-state index contributed by atoms with van der Waals surface area (Å²) in [4.78, 5) is 14.5. The Balaban J connectivity index is 1.38. The van der Waals surface area contributed by atoms with Gasteiger partial charge in [-0.3, -0.25) is 9.69 Å². The maximum absolute atomic E-state index is 13.3. The standard InChI is InChI=1S/C24H18BrF2NO2S2/c25-20-11-16(6-9-21(20)30-14-17-2-1-3-19(27)10-17)12-22-23(29)28(24(31)32-22)13-15-4-7-18(26)8-5-15/h1-11,22H,12-14H2/t22-/m1/s1. The van der Waals surface area contributed by atoms with Gasteiger partial charge in [0.15, 0.2) is 0 Å². The first-order valence-corrected chi connectivity index (χ1v) is 11.9. The number of thioether (sulfide) groups is 1. The highest BCUT2D eigenvalue weighted by Crippen LogP contribution is 2.33. The number of halogens is 3. The molecule has 0 aromatic heterocycles. The highest BCUT2D eigenvalue weighted by molar-refractivity contribution is 9.10. The lowest BCUT2D eigenvalue weighted by Crippen LogP contribution is -2.31. The fraction of sp³-hybridized carbons (Fsp3) is 0.167. The van der Waals surface area contributed by atoms with Crippen LogP contribution in [0.15, 0.2) is 71.2 Å². The van der Waals surface area contributed by atoms with E-state index >= 15 is 0 Å². The van der Waals surface area contributed by atoms with Crippen molar-refractivity contribution in [1.82, 2.24) is 4.90 Å². The molecule has 4 rings (SSSR count). The zero-order chi connectivity index (χ0) is 22.7. The number of carbonyl (C=O) groups is 1. The zero-order valence-corrected chi connectivity index (χ0v) is 20.0. The first kappa shape index (κ1) is 22.9. The number of carbonyl (C=O) groups excluding carboxylic acids is 1. The van der Waals surface area contributed by atoms with E-state index in [9.17, 15) is 13.6 Å². The van der Waals surface area contributed by atoms with Crippen LogP contribution in [0.2, 0.25) is 0 Å². The molecule has 0 unspecified atom stereocenters. The number of ether oxygens (including phenoxy) is 1. The van der Waals surface area contributed by atoms with Gasteiger partial charge in [0.05, 0.1) is 16.3 Å². The first-order chi connectivity index (χ1) is 15.4. The van der Waals surface area contributed by atoms with Crippen LogP contribution in [-0.2, 0) is 24.4 Å². The largest absolute Gasteiger partial charge is 0.488 e. The van der Waals surface area contributed by atoms with Gasteiger partial charge in [-0.15, -0.1) is 0 Å². The molecule has 164 valence electrons. The van der Waals surface area contributed by atoms with Gasteiger partial charge in [-0.05, 0) is 75.4 Å². The summed E-state index contributed by atoms with van der Waals surface area (Å²) >= 11 is 10.3. The average molecular weight is 534 g/mol. The van der Waals surface area contributed by atoms with Gasteiger partial charge in [-0.2, -0.15) is 0 Å². The summed E-state index contributed by atoms with van der Waals surface area (Å²) in [5.74, 6) is -0.0281. The van der Waals surface area contributed by atoms with Gasteiger partial charge in [0.2, 0.25) is 5.91 Å². The lowest BCUT2D eigenvalue weighted by atomic mass is 10.1. The van der Waals surface area contributed by atoms with Crippen LogP contribution in [0, 0.1) is 11.6 Å². The van der Waals surface area contributed by atoms with E-state index in [1.165, 1.54) is 36.0 Å². The van der Waals surface area contributed by atoms with E-state index in [1.54, 1.807) is 29.2 Å². The molecule has 0 bridgehead atoms. The summed E-state index contributed by atoms with van der Waals surface area (Å²) in [5.41, 5.74) is 2.53. The van der Waals surface area contributed by atoms with Crippen LogP contribution in [0.4, 0.5) is 8.78 Å². The first-order valence-electron chi connectivity index (χ1n) is 9.81. The van der Waals surface area contributed by atoms with Crippen molar-refractivity contribution in [1.29, 1.82) is 0 Å². The third-order valence-electron chi connectivity index (χ3n) is 4.96. The van der Waals surface area contributed by atoms with Crippen molar-refractivity contribution in [2.45, 2.75) is 24.8 Å². The monoisotopic (exact) mass is 533 g/mol. The van der Waals surface area contributed by atoms with Gasteiger partial charge < -0.3 is 4.74 Å². The summed E-state index contributed by atoms with van der Waals surface area (Å²) in [7, 11) is 0. The molecular weight excluding hydrogens is 516 g/mol. The molecule has 1 saturated heterocycles. The number of nitrogens with zero attached hydrogens (tertiary/aromatic N) is 1. The Labute approximate surface area is 202 Å². The van der Waals surface area contributed by atoms with Crippen LogP contribution in [0.1, 0.15) is 16.7 Å². The van der Waals surface area contributed by atoms with Gasteiger partial charge in [0, 0.05) is 0 Å². The molecule has 1 atom stereocenters. The highest BCUT2D eigenvalue weighted by Gasteiger charge is 2.36. The van der Waals surface area contributed by atoms with Crippen molar-refractivity contribution in [2.24, 2.45) is 0 Å². The summed E-state index contributed by atoms with van der Waals surface area (Å²) in [5, 5.41) is -0.311. The third kappa shape index (κ3) is 5.54. The quantitative estimate of drug-likeness (QED) is 0.334. The molecule has 0 radical (unpaired) electrons. The van der Waals surface area contributed by atoms with E-state index in [0.717, 1.165) is 21.2 Å². The Bertz CT molecular complexity index is 1160. The predicted octanol–water partition coefficient (Wildman–Crippen LogP) is 6.28. The third-order valence-corrected chi connectivity index (χ3v) is 7.16. The van der Waals surface area contributed by atoms with Gasteiger partial charge in [-0.25, -0.2) is 8.78 Å². The minimum Gasteiger partial charge on any atom is -0.488 e. The second-order valence-electron chi connectivity index (χ2n) is 7.31. The maximum atomic E-state index is 13.3. The highest BCUT2D eigenvalue weighted by atomic mass is 79.9. The number of benzene rings is 3. The van der Waals surface area contributed by atoms with Crippen LogP contribution in [0.3, 0.4) is 0 Å². The van der Waals surface area contributed by atoms with Crippen LogP contribution >= 0.6 is 39.9 Å². The molecular formula is C24H18BrF2NO2S2. The van der Waals surface area contributed by atoms with E-state index < -0.39 is 0 Å². The molecule has 1 heterocycles. The lowest BCUT2D eigenvalue weighted by molar-refractivity contribution is -0.126. The molecule has 32 heavy (non-hydrogen) atoms. The van der Waals surface area contributed by atoms with Crippen LogP contribution in [0.5, 0.6) is 5.75 Å². The van der Waals surface area contributed by atoms with E-state index in [1.807, 2.05) is 18.2 Å². The summed E-state index contributed by atoms with van der Waals surface area (Å²) in [6.07, 6.45) is 0.520. The van der Waals surface area contributed by atoms with Crippen LogP contribution in [0.25, 0.3) is 0 Å². The Morgan fingerprint density at radius 1 is 0.969 bits per heavy atom. The Kier molecular flexibility index (Phi) is 7.23. The molecule has 3 nitrogen and oxygen atoms in total. The average Bonchev–Trinajstić information content (AvgIpc) is 3.02. The molecule has 1 aliphatic rings. The van der Waals surface area contributed by atoms with Crippen molar-refractivity contribution < 1.29 is 18.3 Å². The molecule has 1 fully saturated rings. The van der Waals surface area contributed by atoms with E-state index in [-0.39, 0.29) is 29.4 Å². The van der Waals surface area contributed by atoms with Gasteiger partial charge in [-0.1, -0.05) is 54.3 Å². The normalized spacial score (nSPS) is 16.0. The van der Waals surface area contributed by atoms with Crippen molar-refractivity contribution >= 4 is 50.1 Å². The smallest absolute Gasteiger partial charge is 0.242 e. The second kappa shape index (κ2) is 10.1. The Morgan fingerprint density at radius 2 is 1.72 bits per heavy atom. The van der Waals surface area contributed by atoms with E-state index in [4.69, 9.17) is 17.0 Å². The SMILES string of the molecule is O=C1[C@@H](Cc2ccc(OCc3cccc(F)c3)c(Br)c2)SC(=S)N1Cc1ccc(F)cc1. The van der Waals surface area contributed by atoms with E-state index in [2.05, 4.69) is 15.9 Å². The fourth-order valence-corrected chi connectivity index (χ4v) is 5.41. The second-order valence-corrected chi connectivity index (χ2v) is 10.0. The molecule has 1 aliphatic heterocycles. The summed E-state index contributed by atoms with van der Waals surface area (Å²) in [6.45, 7) is 0.581. The molecule has 0 spiro atoms. The van der Waals surface area contributed by atoms with Gasteiger partial charge >= 0.3 is 0 Å². The predicted molar refractivity (Wildman–Crippen MR) is 130 cm³/mol. The Morgan fingerprint density at radius 3 is 2.44 bits per heavy atom. The van der Waals surface area contributed by atoms with Crippen LogP contribution < -0.4 is 4.74 Å². The van der Waals surface area contributed by atoms with Crippen molar-refractivity contribution in [3.63, 3.8) is 0 Å². The van der Waals surface area contributed by atoms with Crippen molar-refractivity contribution in [2.75, 3.05) is 0 Å². The lowest BCUT2D eigenvalue weighted by Gasteiger charge is -2.16. The van der Waals surface area contributed by atoms with Gasteiger partial charge in [0.25, 0.3) is 0 Å². The number of rotatable bonds is 7. The molecule has 0 saturated carbocycles. The van der Waals surface area contributed by atoms with Crippen molar-refractivity contribution in [3.05, 3.63) is 99.5 Å². The molecule has 0 N–H and O–H groups in total. The Hall–Kier alpha value is -2.29. The number of thiocarbonyl (C=S) groups is 1. The van der Waals surface area contributed by atoms with Crippen molar-refractivity contribution in [3.8, 4) is 5.75 Å². The minimum atomic E-state index is -0.315. The molecule has 1 amide bonds. The maximum Gasteiger partial charge on any atom is 0.242 e. The molecule has 3 aromatic carbocycles. The number of hydrogen-bond acceptors (Lipinski definition) is 4. The minimum absolute atomic E-state index is 0.0492. The molecule has 3 aromatic rings. The number of hydrogen-bond donors (Lipinski definition) is 0. The summed E-state index contributed by atoms with van der Waals surface area (Å²) < 4.78 is 33.5. The summed E-state index contributed by atoms with van der Waals surface area (Å²) in [6, 6.07) is 18.0. The van der Waals surface area contributed by atoms with E-state index in [0.29, 0.717) is 23.0 Å². The fourth-order valence-electron chi connectivity index (χ4n) is 3.33. The van der Waals surface area contributed by atoms with Gasteiger partial charge in [0.1, 0.15) is 28.3 Å². The topological polar surface area (TPSA) is 29.5 Å². The molecule has 8 heteroatoms. The molecule has 0 aliphatic carbocycles. The number of amides is 1. The zero-order valence-electron chi connectivity index (χ0n) is 16.8.